The van der Waals surface area contributed by atoms with E-state index in [0.717, 1.165) is 5.56 Å². The highest BCUT2D eigenvalue weighted by molar-refractivity contribution is 6.32. The average molecular weight is 465 g/mol. The Labute approximate surface area is 195 Å². The molecule has 33 heavy (non-hydrogen) atoms. The van der Waals surface area contributed by atoms with E-state index >= 15 is 0 Å². The summed E-state index contributed by atoms with van der Waals surface area (Å²) in [5.41, 5.74) is 2.79. The highest BCUT2D eigenvalue weighted by Gasteiger charge is 2.19. The lowest BCUT2D eigenvalue weighted by Gasteiger charge is -2.10. The molecule has 1 amide bonds. The maximum atomic E-state index is 12.9. The van der Waals surface area contributed by atoms with Gasteiger partial charge in [-0.2, -0.15) is 5.10 Å². The molecule has 0 saturated carbocycles. The zero-order valence-corrected chi connectivity index (χ0v) is 18.8. The van der Waals surface area contributed by atoms with Gasteiger partial charge in [0.25, 0.3) is 5.91 Å². The Morgan fingerprint density at radius 2 is 1.91 bits per heavy atom. The number of hydrogen-bond donors (Lipinski definition) is 1. The zero-order chi connectivity index (χ0) is 23.4. The van der Waals surface area contributed by atoms with Crippen LogP contribution in [0.2, 0.25) is 5.02 Å². The summed E-state index contributed by atoms with van der Waals surface area (Å²) < 4.78 is 12.1. The first kappa shape index (κ1) is 22.3. The van der Waals surface area contributed by atoms with Crippen molar-refractivity contribution in [2.75, 3.05) is 19.0 Å². The van der Waals surface area contributed by atoms with Crippen molar-refractivity contribution < 1.29 is 19.1 Å². The van der Waals surface area contributed by atoms with E-state index < -0.39 is 18.5 Å². The number of esters is 1. The molecule has 2 aromatic carbocycles. The predicted molar refractivity (Wildman–Crippen MR) is 126 cm³/mol. The Hall–Kier alpha value is -3.91. The van der Waals surface area contributed by atoms with E-state index in [4.69, 9.17) is 21.1 Å². The second kappa shape index (κ2) is 9.70. The third kappa shape index (κ3) is 4.80. The molecule has 0 spiro atoms. The van der Waals surface area contributed by atoms with Crippen LogP contribution in [-0.4, -0.2) is 40.4 Å². The lowest BCUT2D eigenvalue weighted by Crippen LogP contribution is -2.21. The molecule has 0 aliphatic carbocycles. The van der Waals surface area contributed by atoms with Gasteiger partial charge in [-0.1, -0.05) is 41.9 Å². The number of aromatic nitrogens is 3. The first-order valence-electron chi connectivity index (χ1n) is 10.2. The van der Waals surface area contributed by atoms with E-state index in [9.17, 15) is 9.59 Å². The number of halogens is 1. The third-order valence-electron chi connectivity index (χ3n) is 4.97. The molecule has 0 fully saturated rings. The summed E-state index contributed by atoms with van der Waals surface area (Å²) >= 11 is 6.08. The van der Waals surface area contributed by atoms with Crippen LogP contribution in [0.25, 0.3) is 22.3 Å². The molecule has 0 saturated heterocycles. The monoisotopic (exact) mass is 464 g/mol. The molecular formula is C24H21ClN4O4. The Morgan fingerprint density at radius 1 is 1.12 bits per heavy atom. The summed E-state index contributed by atoms with van der Waals surface area (Å²) in [5.74, 6) is -0.648. The van der Waals surface area contributed by atoms with E-state index in [1.54, 1.807) is 35.1 Å². The van der Waals surface area contributed by atoms with Gasteiger partial charge >= 0.3 is 5.97 Å². The van der Waals surface area contributed by atoms with Gasteiger partial charge in [-0.15, -0.1) is 0 Å². The molecule has 0 aliphatic heterocycles. The zero-order valence-electron chi connectivity index (χ0n) is 18.0. The smallest absolute Gasteiger partial charge is 0.339 e. The number of hydrogen-bond acceptors (Lipinski definition) is 6. The average Bonchev–Trinajstić information content (AvgIpc) is 3.25. The molecule has 0 unspecified atom stereocenters. The summed E-state index contributed by atoms with van der Waals surface area (Å²) in [4.78, 5) is 29.9. The van der Waals surface area contributed by atoms with Gasteiger partial charge in [-0.05, 0) is 31.2 Å². The Bertz CT molecular complexity index is 1320. The van der Waals surface area contributed by atoms with Gasteiger partial charge in [0.15, 0.2) is 12.3 Å². The fourth-order valence-electron chi connectivity index (χ4n) is 3.35. The number of amides is 1. The quantitative estimate of drug-likeness (QED) is 0.402. The number of benzene rings is 2. The van der Waals surface area contributed by atoms with Crippen LogP contribution in [0.3, 0.4) is 0 Å². The molecule has 2 aromatic heterocycles. The van der Waals surface area contributed by atoms with Crippen molar-refractivity contribution in [3.63, 3.8) is 0 Å². The highest BCUT2D eigenvalue weighted by Crippen LogP contribution is 2.27. The summed E-state index contributed by atoms with van der Waals surface area (Å²) in [6.07, 6.45) is 1.58. The number of fused-ring (bicyclic) bond motifs is 1. The number of anilines is 1. The van der Waals surface area contributed by atoms with Crippen LogP contribution in [0, 0.1) is 0 Å². The molecule has 8 nitrogen and oxygen atoms in total. The van der Waals surface area contributed by atoms with E-state index in [0.29, 0.717) is 45.3 Å². The minimum absolute atomic E-state index is 0.291. The number of carbonyl (C=O) groups is 2. The molecule has 4 aromatic rings. The number of rotatable bonds is 7. The second-order valence-corrected chi connectivity index (χ2v) is 7.50. The lowest BCUT2D eigenvalue weighted by atomic mass is 10.1. The van der Waals surface area contributed by atoms with Gasteiger partial charge in [0, 0.05) is 17.8 Å². The molecule has 0 aliphatic rings. The van der Waals surface area contributed by atoms with Crippen molar-refractivity contribution in [1.82, 2.24) is 14.8 Å². The van der Waals surface area contributed by atoms with Gasteiger partial charge in [-0.3, -0.25) is 4.79 Å². The van der Waals surface area contributed by atoms with Crippen molar-refractivity contribution in [1.29, 1.82) is 0 Å². The first-order chi connectivity index (χ1) is 16.0. The van der Waals surface area contributed by atoms with Crippen molar-refractivity contribution >= 4 is 40.2 Å². The highest BCUT2D eigenvalue weighted by atomic mass is 35.5. The molecule has 9 heteroatoms. The van der Waals surface area contributed by atoms with E-state index in [1.807, 2.05) is 37.3 Å². The van der Waals surface area contributed by atoms with Gasteiger partial charge < -0.3 is 14.8 Å². The fourth-order valence-corrected chi connectivity index (χ4v) is 3.61. The number of carbonyl (C=O) groups excluding carboxylic acids is 2. The molecular weight excluding hydrogens is 444 g/mol. The molecule has 2 heterocycles. The topological polar surface area (TPSA) is 95.3 Å². The Balaban J connectivity index is 1.54. The van der Waals surface area contributed by atoms with Gasteiger partial charge in [0.1, 0.15) is 5.75 Å². The van der Waals surface area contributed by atoms with E-state index in [1.165, 1.54) is 7.11 Å². The molecule has 4 rings (SSSR count). The van der Waals surface area contributed by atoms with Crippen LogP contribution >= 0.6 is 11.6 Å². The molecule has 0 radical (unpaired) electrons. The van der Waals surface area contributed by atoms with Gasteiger partial charge in [0.05, 0.1) is 35.0 Å². The molecule has 168 valence electrons. The predicted octanol–water partition coefficient (Wildman–Crippen LogP) is 4.58. The largest absolute Gasteiger partial charge is 0.495 e. The minimum atomic E-state index is -0.641. The number of nitrogens with one attached hydrogen (secondary N) is 1. The van der Waals surface area contributed by atoms with E-state index in [-0.39, 0.29) is 0 Å². The summed E-state index contributed by atoms with van der Waals surface area (Å²) in [5, 5.41) is 7.87. The van der Waals surface area contributed by atoms with Crippen LogP contribution in [0.4, 0.5) is 5.69 Å². The van der Waals surface area contributed by atoms with Crippen LogP contribution < -0.4 is 10.1 Å². The fraction of sp³-hybridized carbons (Fsp3) is 0.167. The number of methoxy groups -OCH3 is 1. The molecule has 0 atom stereocenters. The lowest BCUT2D eigenvalue weighted by molar-refractivity contribution is -0.119. The van der Waals surface area contributed by atoms with Gasteiger partial charge in [0.2, 0.25) is 0 Å². The van der Waals surface area contributed by atoms with Crippen molar-refractivity contribution in [3.05, 3.63) is 71.4 Å². The number of nitrogens with zero attached hydrogens (tertiary/aromatic N) is 3. The van der Waals surface area contributed by atoms with Crippen molar-refractivity contribution in [3.8, 4) is 17.0 Å². The summed E-state index contributed by atoms with van der Waals surface area (Å²) in [6, 6.07) is 16.0. The maximum Gasteiger partial charge on any atom is 0.339 e. The minimum Gasteiger partial charge on any atom is -0.495 e. The van der Waals surface area contributed by atoms with Crippen molar-refractivity contribution in [2.24, 2.45) is 0 Å². The van der Waals surface area contributed by atoms with E-state index in [2.05, 4.69) is 15.4 Å². The van der Waals surface area contributed by atoms with Crippen LogP contribution in [-0.2, 0) is 16.1 Å². The summed E-state index contributed by atoms with van der Waals surface area (Å²) in [7, 11) is 1.50. The SMILES string of the molecule is CCn1ncc2c(C(=O)OCC(=O)Nc3ccc(OC)c(Cl)c3)cc(-c3ccccc3)nc21. The third-order valence-corrected chi connectivity index (χ3v) is 5.26. The first-order valence-corrected chi connectivity index (χ1v) is 10.6. The standard InChI is InChI=1S/C24H21ClN4O4/c1-3-29-23-18(13-26-29)17(12-20(28-23)15-7-5-4-6-8-15)24(31)33-14-22(30)27-16-9-10-21(32-2)19(25)11-16/h4-13H,3,14H2,1-2H3,(H,27,30). The second-order valence-electron chi connectivity index (χ2n) is 7.09. The normalized spacial score (nSPS) is 10.8. The molecule has 0 bridgehead atoms. The van der Waals surface area contributed by atoms with Crippen molar-refractivity contribution in [2.45, 2.75) is 13.5 Å². The van der Waals surface area contributed by atoms with Crippen LogP contribution in [0.1, 0.15) is 17.3 Å². The number of aryl methyl sites for hydroxylation is 1. The maximum absolute atomic E-state index is 12.9. The van der Waals surface area contributed by atoms with Gasteiger partial charge in [-0.25, -0.2) is 14.5 Å². The number of pyridine rings is 1. The Kier molecular flexibility index (Phi) is 6.55. The number of ether oxygens (including phenoxy) is 2. The van der Waals surface area contributed by atoms with Crippen LogP contribution in [0.5, 0.6) is 5.75 Å². The van der Waals surface area contributed by atoms with Crippen LogP contribution in [0.15, 0.2) is 60.8 Å². The summed E-state index contributed by atoms with van der Waals surface area (Å²) in [6.45, 7) is 2.07. The molecule has 1 N–H and O–H groups in total. The Morgan fingerprint density at radius 3 is 2.61 bits per heavy atom.